The number of aryl methyl sites for hydroxylation is 1. The zero-order valence-electron chi connectivity index (χ0n) is 8.49. The first-order valence-electron chi connectivity index (χ1n) is 4.35. The van der Waals surface area contributed by atoms with Crippen molar-refractivity contribution in [2.45, 2.75) is 0 Å². The van der Waals surface area contributed by atoms with Gasteiger partial charge in [-0.1, -0.05) is 11.6 Å². The molecule has 0 spiro atoms. The predicted molar refractivity (Wildman–Crippen MR) is 70.0 cm³/mol. The van der Waals surface area contributed by atoms with E-state index in [0.717, 1.165) is 4.57 Å². The van der Waals surface area contributed by atoms with Gasteiger partial charge in [0, 0.05) is 20.3 Å². The van der Waals surface area contributed by atoms with E-state index >= 15 is 0 Å². The summed E-state index contributed by atoms with van der Waals surface area (Å²) in [6.45, 7) is 0. The van der Waals surface area contributed by atoms with Crippen LogP contribution in [0.3, 0.4) is 0 Å². The van der Waals surface area contributed by atoms with E-state index in [0.29, 0.717) is 14.2 Å². The lowest BCUT2D eigenvalue weighted by Gasteiger charge is -2.07. The second-order valence-corrected chi connectivity index (χ2v) is 4.86. The van der Waals surface area contributed by atoms with Crippen LogP contribution in [0.4, 0.5) is 0 Å². The van der Waals surface area contributed by atoms with Crippen molar-refractivity contribution in [1.82, 2.24) is 14.1 Å². The van der Waals surface area contributed by atoms with Crippen LogP contribution in [0.2, 0.25) is 5.02 Å². The van der Waals surface area contributed by atoms with Crippen molar-refractivity contribution < 1.29 is 0 Å². The third-order valence-corrected chi connectivity index (χ3v) is 3.89. The van der Waals surface area contributed by atoms with E-state index in [4.69, 9.17) is 11.6 Å². The summed E-state index contributed by atoms with van der Waals surface area (Å²) < 4.78 is 3.01. The summed E-state index contributed by atoms with van der Waals surface area (Å²) in [5.74, 6) is 0. The number of nitrogens with zero attached hydrogens (tertiary/aromatic N) is 3. The summed E-state index contributed by atoms with van der Waals surface area (Å²) in [6, 6.07) is 0. The molecular weight excluding hydrogens is 344 g/mol. The van der Waals surface area contributed by atoms with Gasteiger partial charge in [0.1, 0.15) is 5.39 Å². The third kappa shape index (κ3) is 1.47. The Morgan fingerprint density at radius 3 is 2.56 bits per heavy atom. The Kier molecular flexibility index (Phi) is 2.79. The summed E-state index contributed by atoms with van der Waals surface area (Å²) in [6.07, 6.45) is 1.53. The highest BCUT2D eigenvalue weighted by Crippen LogP contribution is 2.22. The fraction of sp³-hybridized carbons (Fsp3) is 0.222. The Morgan fingerprint density at radius 1 is 1.31 bits per heavy atom. The minimum absolute atomic E-state index is 0.276. The van der Waals surface area contributed by atoms with Gasteiger partial charge in [-0.2, -0.15) is 0 Å². The SMILES string of the molecule is Cn1c(=O)c2c(Cl)c(I)cnc2n(C)c1=O. The van der Waals surface area contributed by atoms with Crippen LogP contribution in [0.15, 0.2) is 15.8 Å². The van der Waals surface area contributed by atoms with E-state index in [1.165, 1.54) is 17.8 Å². The quantitative estimate of drug-likeness (QED) is 0.663. The standard InChI is InChI=1S/C9H7ClIN3O2/c1-13-7-5(6(10)4(11)3-12-7)8(15)14(2)9(13)16/h3H,1-2H3. The number of hydrogen-bond donors (Lipinski definition) is 0. The molecule has 7 heteroatoms. The number of hydrogen-bond acceptors (Lipinski definition) is 3. The van der Waals surface area contributed by atoms with E-state index in [1.54, 1.807) is 7.05 Å². The summed E-state index contributed by atoms with van der Waals surface area (Å²) in [5.41, 5.74) is -0.532. The molecule has 0 aliphatic heterocycles. The monoisotopic (exact) mass is 351 g/mol. The fourth-order valence-electron chi connectivity index (χ4n) is 1.47. The summed E-state index contributed by atoms with van der Waals surface area (Å²) in [7, 11) is 2.97. The maximum Gasteiger partial charge on any atom is 0.332 e. The van der Waals surface area contributed by atoms with E-state index in [1.807, 2.05) is 22.6 Å². The van der Waals surface area contributed by atoms with E-state index in [2.05, 4.69) is 4.98 Å². The zero-order chi connectivity index (χ0) is 12.0. The van der Waals surface area contributed by atoms with Crippen molar-refractivity contribution in [3.63, 3.8) is 0 Å². The molecule has 84 valence electrons. The zero-order valence-corrected chi connectivity index (χ0v) is 11.4. The molecule has 0 fully saturated rings. The van der Waals surface area contributed by atoms with Gasteiger partial charge in [-0.15, -0.1) is 0 Å². The van der Waals surface area contributed by atoms with Crippen LogP contribution in [0.25, 0.3) is 11.0 Å². The Bertz CT molecular complexity index is 704. The third-order valence-electron chi connectivity index (χ3n) is 2.36. The molecule has 0 unspecified atom stereocenters. The molecule has 0 atom stereocenters. The van der Waals surface area contributed by atoms with Gasteiger partial charge in [-0.3, -0.25) is 13.9 Å². The molecule has 2 rings (SSSR count). The molecular formula is C9H7ClIN3O2. The van der Waals surface area contributed by atoms with Crippen molar-refractivity contribution in [3.8, 4) is 0 Å². The van der Waals surface area contributed by atoms with Crippen molar-refractivity contribution >= 4 is 45.2 Å². The Morgan fingerprint density at radius 2 is 1.94 bits per heavy atom. The minimum atomic E-state index is -0.422. The lowest BCUT2D eigenvalue weighted by Crippen LogP contribution is -2.37. The summed E-state index contributed by atoms with van der Waals surface area (Å²) in [4.78, 5) is 27.6. The van der Waals surface area contributed by atoms with Crippen LogP contribution in [0.1, 0.15) is 0 Å². The fourth-order valence-corrected chi connectivity index (χ4v) is 2.09. The number of aromatic nitrogens is 3. The second kappa shape index (κ2) is 3.85. The van der Waals surface area contributed by atoms with Crippen molar-refractivity contribution in [1.29, 1.82) is 0 Å². The van der Waals surface area contributed by atoms with Crippen molar-refractivity contribution in [2.75, 3.05) is 0 Å². The van der Waals surface area contributed by atoms with Gasteiger partial charge in [0.2, 0.25) is 0 Å². The van der Waals surface area contributed by atoms with E-state index in [-0.39, 0.29) is 5.39 Å². The van der Waals surface area contributed by atoms with Crippen LogP contribution in [-0.4, -0.2) is 14.1 Å². The lowest BCUT2D eigenvalue weighted by atomic mass is 10.3. The molecule has 0 aromatic carbocycles. The van der Waals surface area contributed by atoms with Gasteiger partial charge in [0.25, 0.3) is 5.56 Å². The normalized spacial score (nSPS) is 11.0. The molecule has 0 N–H and O–H groups in total. The molecule has 0 radical (unpaired) electrons. The molecule has 16 heavy (non-hydrogen) atoms. The molecule has 5 nitrogen and oxygen atoms in total. The highest BCUT2D eigenvalue weighted by atomic mass is 127. The van der Waals surface area contributed by atoms with Crippen LogP contribution in [-0.2, 0) is 14.1 Å². The number of fused-ring (bicyclic) bond motifs is 1. The lowest BCUT2D eigenvalue weighted by molar-refractivity contribution is 0.707. The second-order valence-electron chi connectivity index (χ2n) is 3.32. The summed E-state index contributed by atoms with van der Waals surface area (Å²) >= 11 is 8.04. The summed E-state index contributed by atoms with van der Waals surface area (Å²) in [5, 5.41) is 0.611. The van der Waals surface area contributed by atoms with Gasteiger partial charge in [0.15, 0.2) is 5.65 Å². The maximum absolute atomic E-state index is 11.9. The molecule has 0 saturated carbocycles. The average Bonchev–Trinajstić information content (AvgIpc) is 2.27. The molecule has 2 aromatic rings. The highest BCUT2D eigenvalue weighted by Gasteiger charge is 2.14. The Labute approximate surface area is 109 Å². The molecule has 0 aliphatic rings. The number of rotatable bonds is 0. The number of pyridine rings is 1. The van der Waals surface area contributed by atoms with Gasteiger partial charge in [-0.25, -0.2) is 9.78 Å². The number of halogens is 2. The smallest absolute Gasteiger partial charge is 0.280 e. The van der Waals surface area contributed by atoms with Crippen LogP contribution < -0.4 is 11.2 Å². The van der Waals surface area contributed by atoms with Crippen LogP contribution in [0.5, 0.6) is 0 Å². The molecule has 0 bridgehead atoms. The maximum atomic E-state index is 11.9. The first kappa shape index (κ1) is 11.6. The van der Waals surface area contributed by atoms with Crippen LogP contribution in [0, 0.1) is 3.57 Å². The molecule has 2 heterocycles. The van der Waals surface area contributed by atoms with Crippen LogP contribution >= 0.6 is 34.2 Å². The molecule has 2 aromatic heterocycles. The van der Waals surface area contributed by atoms with Gasteiger partial charge < -0.3 is 0 Å². The van der Waals surface area contributed by atoms with Crippen molar-refractivity contribution in [2.24, 2.45) is 14.1 Å². The molecule has 0 aliphatic carbocycles. The van der Waals surface area contributed by atoms with Crippen molar-refractivity contribution in [3.05, 3.63) is 35.6 Å². The first-order chi connectivity index (χ1) is 7.45. The molecule has 0 amide bonds. The van der Waals surface area contributed by atoms with Gasteiger partial charge in [0.05, 0.1) is 8.59 Å². The van der Waals surface area contributed by atoms with Gasteiger partial charge >= 0.3 is 5.69 Å². The Balaban J connectivity index is 3.22. The Hall–Kier alpha value is -0.890. The highest BCUT2D eigenvalue weighted by molar-refractivity contribution is 14.1. The van der Waals surface area contributed by atoms with E-state index < -0.39 is 11.2 Å². The largest absolute Gasteiger partial charge is 0.332 e. The topological polar surface area (TPSA) is 56.9 Å². The van der Waals surface area contributed by atoms with Gasteiger partial charge in [-0.05, 0) is 22.6 Å². The average molecular weight is 352 g/mol. The van der Waals surface area contributed by atoms with E-state index in [9.17, 15) is 9.59 Å². The minimum Gasteiger partial charge on any atom is -0.280 e. The molecule has 0 saturated heterocycles. The predicted octanol–water partition coefficient (Wildman–Crippen LogP) is 0.890. The first-order valence-corrected chi connectivity index (χ1v) is 5.80.